The average molecular weight is 309 g/mol. The molecule has 0 fully saturated rings. The molecular formula is C16H25N2O4-. The van der Waals surface area contributed by atoms with Crippen LogP contribution in [-0.2, 0) is 0 Å². The van der Waals surface area contributed by atoms with Crippen LogP contribution in [-0.4, -0.2) is 48.7 Å². The van der Waals surface area contributed by atoms with Crippen LogP contribution in [0.25, 0.3) is 0 Å². The number of hydroxylamine groups is 1. The Morgan fingerprint density at radius 1 is 1.50 bits per heavy atom. The monoisotopic (exact) mass is 309 g/mol. The third kappa shape index (κ3) is 4.10. The normalized spacial score (nSPS) is 19.9. The molecule has 6 nitrogen and oxygen atoms in total. The van der Waals surface area contributed by atoms with Crippen molar-refractivity contribution < 1.29 is 14.9 Å². The quantitative estimate of drug-likeness (QED) is 0.669. The molecule has 3 atom stereocenters. The molecule has 1 aliphatic heterocycles. The Morgan fingerprint density at radius 3 is 3.00 bits per heavy atom. The van der Waals surface area contributed by atoms with Gasteiger partial charge in [-0.05, 0) is 25.5 Å². The first kappa shape index (κ1) is 17.0. The zero-order valence-electron chi connectivity index (χ0n) is 13.2. The fraction of sp³-hybridized carbons (Fsp3) is 0.625. The molecule has 0 spiro atoms. The summed E-state index contributed by atoms with van der Waals surface area (Å²) >= 11 is 0. The summed E-state index contributed by atoms with van der Waals surface area (Å²) in [5.41, 5.74) is 1.58. The molecule has 0 aromatic heterocycles. The summed E-state index contributed by atoms with van der Waals surface area (Å²) in [5.74, 6) is 0.800. The van der Waals surface area contributed by atoms with Gasteiger partial charge in [-0.3, -0.25) is 0 Å². The number of hydrogen-bond acceptors (Lipinski definition) is 6. The van der Waals surface area contributed by atoms with Gasteiger partial charge in [0.15, 0.2) is 0 Å². The Hall–Kier alpha value is -1.34. The Morgan fingerprint density at radius 2 is 2.27 bits per heavy atom. The standard InChI is InChI=1S/C16H25N2O4/c1-11-9-18(21)14-4-3-5-15(16(11)14)22-10-13(20)8-17-12(2)6-7-19/h3-5,11-13,17,19-20H,6-10H2,1-2H3/q-1. The highest BCUT2D eigenvalue weighted by molar-refractivity contribution is 5.65. The second-order valence-corrected chi connectivity index (χ2v) is 5.94. The minimum Gasteiger partial charge on any atom is -0.758 e. The van der Waals surface area contributed by atoms with Crippen molar-refractivity contribution in [2.24, 2.45) is 0 Å². The Balaban J connectivity index is 1.87. The highest BCUT2D eigenvalue weighted by Crippen LogP contribution is 2.41. The third-order valence-electron chi connectivity index (χ3n) is 3.94. The number of ether oxygens (including phenoxy) is 1. The zero-order chi connectivity index (χ0) is 16.1. The minimum atomic E-state index is -0.642. The molecule has 6 heteroatoms. The maximum atomic E-state index is 11.8. The molecule has 1 aromatic rings. The van der Waals surface area contributed by atoms with Crippen molar-refractivity contribution in [3.8, 4) is 5.75 Å². The molecule has 1 aliphatic rings. The van der Waals surface area contributed by atoms with Crippen LogP contribution >= 0.6 is 0 Å². The number of hydrogen-bond donors (Lipinski definition) is 3. The highest BCUT2D eigenvalue weighted by Gasteiger charge is 2.24. The zero-order valence-corrected chi connectivity index (χ0v) is 13.2. The lowest BCUT2D eigenvalue weighted by Gasteiger charge is -2.25. The Labute approximate surface area is 131 Å². The van der Waals surface area contributed by atoms with Crippen LogP contribution in [0.5, 0.6) is 5.75 Å². The molecule has 2 rings (SSSR count). The number of benzene rings is 1. The van der Waals surface area contributed by atoms with Crippen molar-refractivity contribution in [3.05, 3.63) is 29.0 Å². The van der Waals surface area contributed by atoms with Gasteiger partial charge in [0.2, 0.25) is 0 Å². The first-order chi connectivity index (χ1) is 10.5. The number of nitrogens with one attached hydrogen (secondary N) is 1. The minimum absolute atomic E-state index is 0.125. The number of fused-ring (bicyclic) bond motifs is 1. The van der Waals surface area contributed by atoms with Gasteiger partial charge in [0.1, 0.15) is 18.5 Å². The fourth-order valence-electron chi connectivity index (χ4n) is 2.69. The van der Waals surface area contributed by atoms with Gasteiger partial charge in [-0.1, -0.05) is 13.0 Å². The lowest BCUT2D eigenvalue weighted by Crippen LogP contribution is -2.37. The summed E-state index contributed by atoms with van der Waals surface area (Å²) in [6.07, 6.45) is 0.00782. The largest absolute Gasteiger partial charge is 0.758 e. The van der Waals surface area contributed by atoms with Crippen LogP contribution in [0.4, 0.5) is 5.69 Å². The SMILES string of the molecule is CC(CCO)NCC(O)COc1cccc2c1C(C)CN2[O-]. The van der Waals surface area contributed by atoms with Crippen LogP contribution in [0.15, 0.2) is 18.2 Å². The van der Waals surface area contributed by atoms with Crippen molar-refractivity contribution in [3.63, 3.8) is 0 Å². The van der Waals surface area contributed by atoms with E-state index >= 15 is 0 Å². The molecule has 0 bridgehead atoms. The lowest BCUT2D eigenvalue weighted by atomic mass is 10.0. The molecule has 3 unspecified atom stereocenters. The average Bonchev–Trinajstić information content (AvgIpc) is 2.79. The molecule has 0 saturated heterocycles. The molecule has 22 heavy (non-hydrogen) atoms. The molecule has 0 saturated carbocycles. The van der Waals surface area contributed by atoms with Gasteiger partial charge in [-0.15, -0.1) is 0 Å². The van der Waals surface area contributed by atoms with E-state index in [1.807, 2.05) is 19.9 Å². The predicted octanol–water partition coefficient (Wildman–Crippen LogP) is 1.21. The second-order valence-electron chi connectivity index (χ2n) is 5.94. The van der Waals surface area contributed by atoms with E-state index in [-0.39, 0.29) is 25.2 Å². The van der Waals surface area contributed by atoms with E-state index in [9.17, 15) is 10.3 Å². The third-order valence-corrected chi connectivity index (χ3v) is 3.94. The van der Waals surface area contributed by atoms with E-state index in [4.69, 9.17) is 9.84 Å². The number of aliphatic hydroxyl groups excluding tert-OH is 2. The second kappa shape index (κ2) is 7.78. The molecule has 1 aromatic carbocycles. The van der Waals surface area contributed by atoms with Gasteiger partial charge in [0.25, 0.3) is 0 Å². The van der Waals surface area contributed by atoms with Crippen LogP contribution < -0.4 is 15.1 Å². The predicted molar refractivity (Wildman–Crippen MR) is 86.2 cm³/mol. The molecule has 0 radical (unpaired) electrons. The van der Waals surface area contributed by atoms with E-state index in [0.29, 0.717) is 30.9 Å². The molecule has 0 amide bonds. The van der Waals surface area contributed by atoms with Gasteiger partial charge < -0.3 is 30.5 Å². The van der Waals surface area contributed by atoms with Gasteiger partial charge in [-0.2, -0.15) is 0 Å². The maximum Gasteiger partial charge on any atom is 0.125 e. The molecule has 1 heterocycles. The fourth-order valence-corrected chi connectivity index (χ4v) is 2.69. The molecular weight excluding hydrogens is 284 g/mol. The van der Waals surface area contributed by atoms with Crippen molar-refractivity contribution in [2.75, 3.05) is 31.4 Å². The van der Waals surface area contributed by atoms with Crippen molar-refractivity contribution in [1.29, 1.82) is 0 Å². The summed E-state index contributed by atoms with van der Waals surface area (Å²) in [7, 11) is 0. The number of rotatable bonds is 8. The number of aliphatic hydroxyl groups is 2. The molecule has 124 valence electrons. The van der Waals surface area contributed by atoms with E-state index in [0.717, 1.165) is 10.6 Å². The lowest BCUT2D eigenvalue weighted by molar-refractivity contribution is 0.102. The first-order valence-corrected chi connectivity index (χ1v) is 7.75. The Kier molecular flexibility index (Phi) is 6.02. The van der Waals surface area contributed by atoms with Crippen molar-refractivity contribution >= 4 is 5.69 Å². The van der Waals surface area contributed by atoms with Gasteiger partial charge in [-0.25, -0.2) is 0 Å². The van der Waals surface area contributed by atoms with Crippen LogP contribution in [0, 0.1) is 5.21 Å². The first-order valence-electron chi connectivity index (χ1n) is 7.75. The van der Waals surface area contributed by atoms with Gasteiger partial charge in [0, 0.05) is 42.9 Å². The number of nitrogens with zero attached hydrogens (tertiary/aromatic N) is 1. The topological polar surface area (TPSA) is 88.0 Å². The summed E-state index contributed by atoms with van der Waals surface area (Å²) < 4.78 is 5.72. The molecule has 0 aliphatic carbocycles. The summed E-state index contributed by atoms with van der Waals surface area (Å²) in [4.78, 5) is 0. The van der Waals surface area contributed by atoms with Gasteiger partial charge >= 0.3 is 0 Å². The highest BCUT2D eigenvalue weighted by atomic mass is 16.5. The van der Waals surface area contributed by atoms with Crippen molar-refractivity contribution in [2.45, 2.75) is 38.3 Å². The van der Waals surface area contributed by atoms with Crippen molar-refractivity contribution in [1.82, 2.24) is 5.32 Å². The number of anilines is 1. The van der Waals surface area contributed by atoms with E-state index in [2.05, 4.69) is 5.32 Å². The summed E-state index contributed by atoms with van der Waals surface area (Å²) in [6.45, 7) is 5.09. The van der Waals surface area contributed by atoms with E-state index in [1.54, 1.807) is 12.1 Å². The molecule has 3 N–H and O–H groups in total. The smallest absolute Gasteiger partial charge is 0.125 e. The van der Waals surface area contributed by atoms with E-state index < -0.39 is 6.10 Å². The van der Waals surface area contributed by atoms with Crippen LogP contribution in [0.3, 0.4) is 0 Å². The Bertz CT molecular complexity index is 483. The summed E-state index contributed by atoms with van der Waals surface area (Å²) in [6, 6.07) is 5.58. The maximum absolute atomic E-state index is 11.8. The van der Waals surface area contributed by atoms with Crippen LogP contribution in [0.1, 0.15) is 31.7 Å². The van der Waals surface area contributed by atoms with E-state index in [1.165, 1.54) is 0 Å². The summed E-state index contributed by atoms with van der Waals surface area (Å²) in [5, 5.41) is 34.7. The van der Waals surface area contributed by atoms with Gasteiger partial charge in [0.05, 0.1) is 0 Å². The van der Waals surface area contributed by atoms with Crippen LogP contribution in [0.2, 0.25) is 0 Å².